The number of rotatable bonds is 3. The Morgan fingerprint density at radius 3 is 1.48 bits per heavy atom. The molecular weight excluding hydrogens is 677 g/mol. The summed E-state index contributed by atoms with van der Waals surface area (Å²) >= 11 is 1.78. The van der Waals surface area contributed by atoms with E-state index in [2.05, 4.69) is 158 Å². The molecule has 4 heteroatoms. The standard InChI is InChI=1S/C50H28N2OS/c1-3-13-29(14-4-1)41-28-42(30-15-5-2-6-16-30)52-50(51-41)31-23-24-34-39-25-26-40-45-38-22-12-11-21-37(38)44-35-19-9-7-17-32(35)33-18-8-10-20-36(33)46(44)48(45)53-47(40)49(39)54-43(34)27-31/h1-28H. The third-order valence-electron chi connectivity index (χ3n) is 11.0. The van der Waals surface area contributed by atoms with Gasteiger partial charge in [-0.3, -0.25) is 0 Å². The van der Waals surface area contributed by atoms with Crippen molar-refractivity contribution in [2.45, 2.75) is 0 Å². The van der Waals surface area contributed by atoms with Crippen molar-refractivity contribution in [3.05, 3.63) is 170 Å². The zero-order valence-electron chi connectivity index (χ0n) is 28.9. The van der Waals surface area contributed by atoms with E-state index in [-0.39, 0.29) is 0 Å². The SMILES string of the molecule is c1ccc(-c2cc(-c3ccccc3)nc(-c3ccc4c(c3)sc3c4ccc4c3oc3c4c4ccccc4c4c5ccccc5c5ccccc5c34)n2)cc1. The van der Waals surface area contributed by atoms with Crippen LogP contribution < -0.4 is 0 Å². The van der Waals surface area contributed by atoms with Gasteiger partial charge in [-0.25, -0.2) is 9.97 Å². The lowest BCUT2D eigenvalue weighted by atomic mass is 9.89. The molecule has 0 bridgehead atoms. The molecule has 0 fully saturated rings. The lowest BCUT2D eigenvalue weighted by molar-refractivity contribution is 0.677. The summed E-state index contributed by atoms with van der Waals surface area (Å²) in [7, 11) is 0. The molecule has 0 amide bonds. The molecule has 0 saturated carbocycles. The van der Waals surface area contributed by atoms with Crippen LogP contribution in [0.1, 0.15) is 0 Å². The Balaban J connectivity index is 1.13. The number of fused-ring (bicyclic) bond motifs is 17. The van der Waals surface area contributed by atoms with Gasteiger partial charge in [0.25, 0.3) is 0 Å². The molecule has 0 unspecified atom stereocenters. The summed E-state index contributed by atoms with van der Waals surface area (Å²) in [6, 6.07) is 60.4. The third kappa shape index (κ3) is 4.23. The topological polar surface area (TPSA) is 38.9 Å². The number of benzene rings is 9. The fraction of sp³-hybridized carbons (Fsp3) is 0. The van der Waals surface area contributed by atoms with Crippen LogP contribution in [-0.4, -0.2) is 9.97 Å². The van der Waals surface area contributed by atoms with E-state index in [9.17, 15) is 0 Å². The van der Waals surface area contributed by atoms with Gasteiger partial charge in [0.15, 0.2) is 11.4 Å². The van der Waals surface area contributed by atoms with Crippen LogP contribution in [0.15, 0.2) is 174 Å². The summed E-state index contributed by atoms with van der Waals surface area (Å²) in [6.07, 6.45) is 0. The van der Waals surface area contributed by atoms with Gasteiger partial charge in [0, 0.05) is 53.7 Å². The van der Waals surface area contributed by atoms with Crippen molar-refractivity contribution in [1.29, 1.82) is 0 Å². The minimum Gasteiger partial charge on any atom is -0.454 e. The van der Waals surface area contributed by atoms with Gasteiger partial charge >= 0.3 is 0 Å². The summed E-state index contributed by atoms with van der Waals surface area (Å²) in [5.41, 5.74) is 6.81. The Morgan fingerprint density at radius 2 is 0.852 bits per heavy atom. The van der Waals surface area contributed by atoms with E-state index >= 15 is 0 Å². The van der Waals surface area contributed by atoms with Crippen molar-refractivity contribution >= 4 is 96.5 Å². The van der Waals surface area contributed by atoms with E-state index in [1.54, 1.807) is 11.3 Å². The molecule has 0 aliphatic rings. The fourth-order valence-corrected chi connectivity index (χ4v) is 9.86. The quantitative estimate of drug-likeness (QED) is 0.172. The minimum absolute atomic E-state index is 0.709. The van der Waals surface area contributed by atoms with Crippen LogP contribution in [0.25, 0.3) is 119 Å². The second kappa shape index (κ2) is 11.3. The highest BCUT2D eigenvalue weighted by atomic mass is 32.1. The monoisotopic (exact) mass is 704 g/mol. The van der Waals surface area contributed by atoms with Crippen molar-refractivity contribution in [1.82, 2.24) is 9.97 Å². The molecule has 0 atom stereocenters. The van der Waals surface area contributed by atoms with E-state index in [1.165, 1.54) is 63.9 Å². The summed E-state index contributed by atoms with van der Waals surface area (Å²) in [5, 5.41) is 14.6. The first-order chi connectivity index (χ1) is 26.8. The van der Waals surface area contributed by atoms with Gasteiger partial charge in [0.05, 0.1) is 16.1 Å². The predicted molar refractivity (Wildman–Crippen MR) is 229 cm³/mol. The van der Waals surface area contributed by atoms with Gasteiger partial charge < -0.3 is 4.42 Å². The first-order valence-electron chi connectivity index (χ1n) is 18.2. The van der Waals surface area contributed by atoms with Crippen LogP contribution in [-0.2, 0) is 0 Å². The predicted octanol–water partition coefficient (Wildman–Crippen LogP) is 14.4. The molecule has 12 rings (SSSR count). The van der Waals surface area contributed by atoms with E-state index in [1.807, 2.05) is 12.1 Å². The second-order valence-electron chi connectivity index (χ2n) is 14.0. The summed E-state index contributed by atoms with van der Waals surface area (Å²) in [6.45, 7) is 0. The number of furan rings is 1. The van der Waals surface area contributed by atoms with Gasteiger partial charge in [-0.05, 0) is 50.5 Å². The highest BCUT2D eigenvalue weighted by Gasteiger charge is 2.22. The highest BCUT2D eigenvalue weighted by Crippen LogP contribution is 2.49. The minimum atomic E-state index is 0.709. The van der Waals surface area contributed by atoms with Crippen molar-refractivity contribution in [3.8, 4) is 33.9 Å². The Bertz CT molecular complexity index is 3430. The van der Waals surface area contributed by atoms with Gasteiger partial charge in [0.2, 0.25) is 0 Å². The Hall–Kier alpha value is -6.88. The Morgan fingerprint density at radius 1 is 0.352 bits per heavy atom. The van der Waals surface area contributed by atoms with E-state index < -0.39 is 0 Å². The maximum atomic E-state index is 7.20. The lowest BCUT2D eigenvalue weighted by Gasteiger charge is -2.13. The Kier molecular flexibility index (Phi) is 6.21. The van der Waals surface area contributed by atoms with Gasteiger partial charge in [-0.15, -0.1) is 11.3 Å². The summed E-state index contributed by atoms with van der Waals surface area (Å²) in [4.78, 5) is 10.2. The van der Waals surface area contributed by atoms with Crippen LogP contribution in [0.2, 0.25) is 0 Å². The van der Waals surface area contributed by atoms with Crippen molar-refractivity contribution < 1.29 is 4.42 Å². The van der Waals surface area contributed by atoms with E-state index in [0.717, 1.165) is 49.3 Å². The molecule has 0 spiro atoms. The number of hydrogen-bond acceptors (Lipinski definition) is 4. The van der Waals surface area contributed by atoms with Crippen LogP contribution in [0.4, 0.5) is 0 Å². The average molecular weight is 705 g/mol. The molecule has 12 aromatic rings. The lowest BCUT2D eigenvalue weighted by Crippen LogP contribution is -1.95. The Labute approximate surface area is 313 Å². The van der Waals surface area contributed by atoms with Crippen molar-refractivity contribution in [2.24, 2.45) is 0 Å². The maximum Gasteiger partial charge on any atom is 0.160 e. The molecule has 0 aliphatic heterocycles. The zero-order valence-corrected chi connectivity index (χ0v) is 29.7. The van der Waals surface area contributed by atoms with Crippen LogP contribution in [0.3, 0.4) is 0 Å². The van der Waals surface area contributed by atoms with E-state index in [4.69, 9.17) is 14.4 Å². The van der Waals surface area contributed by atoms with Crippen LogP contribution in [0.5, 0.6) is 0 Å². The molecule has 250 valence electrons. The first-order valence-corrected chi connectivity index (χ1v) is 19.1. The molecule has 0 saturated heterocycles. The van der Waals surface area contributed by atoms with Gasteiger partial charge in [-0.2, -0.15) is 0 Å². The van der Waals surface area contributed by atoms with Gasteiger partial charge in [-0.1, -0.05) is 152 Å². The fourth-order valence-electron chi connectivity index (χ4n) is 8.64. The molecule has 0 aliphatic carbocycles. The number of hydrogen-bond donors (Lipinski definition) is 0. The van der Waals surface area contributed by atoms with Gasteiger partial charge in [0.1, 0.15) is 5.58 Å². The normalized spacial score (nSPS) is 12.1. The molecule has 3 heterocycles. The molecule has 54 heavy (non-hydrogen) atoms. The van der Waals surface area contributed by atoms with Crippen molar-refractivity contribution in [2.75, 3.05) is 0 Å². The molecule has 9 aromatic carbocycles. The first kappa shape index (κ1) is 29.7. The number of aromatic nitrogens is 2. The third-order valence-corrected chi connectivity index (χ3v) is 12.2. The number of nitrogens with zero attached hydrogens (tertiary/aromatic N) is 2. The van der Waals surface area contributed by atoms with E-state index in [0.29, 0.717) is 5.82 Å². The smallest absolute Gasteiger partial charge is 0.160 e. The van der Waals surface area contributed by atoms with Crippen molar-refractivity contribution in [3.63, 3.8) is 0 Å². The molecule has 0 N–H and O–H groups in total. The summed E-state index contributed by atoms with van der Waals surface area (Å²) < 4.78 is 9.54. The highest BCUT2D eigenvalue weighted by molar-refractivity contribution is 7.26. The maximum absolute atomic E-state index is 7.20. The molecular formula is C50H28N2OS. The molecule has 0 radical (unpaired) electrons. The largest absolute Gasteiger partial charge is 0.454 e. The number of thiophene rings is 1. The molecule has 3 aromatic heterocycles. The average Bonchev–Trinajstić information content (AvgIpc) is 3.83. The van der Waals surface area contributed by atoms with Crippen LogP contribution in [0, 0.1) is 0 Å². The second-order valence-corrected chi connectivity index (χ2v) is 15.1. The molecule has 3 nitrogen and oxygen atoms in total. The zero-order chi connectivity index (χ0) is 35.3. The van der Waals surface area contributed by atoms with Crippen LogP contribution >= 0.6 is 11.3 Å². The summed E-state index contributed by atoms with van der Waals surface area (Å²) in [5.74, 6) is 0.709.